The van der Waals surface area contributed by atoms with Crippen molar-refractivity contribution in [2.45, 2.75) is 65.0 Å². The molecule has 1 saturated carbocycles. The first-order valence-electron chi connectivity index (χ1n) is 8.60. The molecule has 1 aliphatic carbocycles. The van der Waals surface area contributed by atoms with Crippen molar-refractivity contribution >= 4 is 28.3 Å². The van der Waals surface area contributed by atoms with Gasteiger partial charge in [-0.3, -0.25) is 4.79 Å². The summed E-state index contributed by atoms with van der Waals surface area (Å²) < 4.78 is 27.0. The molecule has 0 radical (unpaired) electrons. The number of hydrogen-bond donors (Lipinski definition) is 2. The van der Waals surface area contributed by atoms with Crippen LogP contribution in [0.5, 0.6) is 0 Å². The topological polar surface area (TPSA) is 92.5 Å². The van der Waals surface area contributed by atoms with Gasteiger partial charge in [-0.1, -0.05) is 20.8 Å². The van der Waals surface area contributed by atoms with Crippen molar-refractivity contribution in [1.82, 2.24) is 9.62 Å². The van der Waals surface area contributed by atoms with E-state index < -0.39 is 15.8 Å². The Hall–Kier alpha value is -0.370. The molecule has 0 aliphatic heterocycles. The van der Waals surface area contributed by atoms with Gasteiger partial charge < -0.3 is 10.6 Å². The van der Waals surface area contributed by atoms with Crippen LogP contribution < -0.4 is 10.5 Å². The molecule has 1 amide bonds. The second kappa shape index (κ2) is 10.6. The fourth-order valence-corrected chi connectivity index (χ4v) is 4.12. The highest BCUT2D eigenvalue weighted by atomic mass is 35.5. The van der Waals surface area contributed by atoms with Crippen LogP contribution in [0.1, 0.15) is 52.9 Å². The van der Waals surface area contributed by atoms with E-state index in [4.69, 9.17) is 5.73 Å². The minimum Gasteiger partial charge on any atom is -0.345 e. The third-order valence-electron chi connectivity index (χ3n) is 4.76. The Kier molecular flexibility index (Phi) is 10.4. The lowest BCUT2D eigenvalue weighted by atomic mass is 9.88. The first kappa shape index (κ1) is 23.6. The highest BCUT2D eigenvalue weighted by Gasteiger charge is 2.26. The number of nitrogens with one attached hydrogen (secondary N) is 1. The molecular weight excluding hydrogens is 350 g/mol. The number of sulfonamides is 1. The number of carbonyl (C=O) groups excluding carboxylic acids is 1. The quantitative estimate of drug-likeness (QED) is 0.667. The standard InChI is InChI=1S/C16H33N3O3S.ClH/c1-12(2)15(17)9-10-19(4)16(20)11-23(21,22)18-14-7-5-13(3)6-8-14;/h12-15,18H,5-11,17H2,1-4H3;1H. The fraction of sp³-hybridized carbons (Fsp3) is 0.938. The predicted octanol–water partition coefficient (Wildman–Crippen LogP) is 1.74. The normalized spacial score (nSPS) is 22.8. The van der Waals surface area contributed by atoms with Gasteiger partial charge in [0.25, 0.3) is 0 Å². The molecule has 1 unspecified atom stereocenters. The average Bonchev–Trinajstić information content (AvgIpc) is 2.45. The number of nitrogens with zero attached hydrogens (tertiary/aromatic N) is 1. The van der Waals surface area contributed by atoms with E-state index in [0.717, 1.165) is 25.7 Å². The molecule has 1 aliphatic rings. The van der Waals surface area contributed by atoms with Crippen LogP contribution in [0.15, 0.2) is 0 Å². The molecule has 1 rings (SSSR count). The van der Waals surface area contributed by atoms with E-state index in [0.29, 0.717) is 24.8 Å². The van der Waals surface area contributed by atoms with Crippen LogP contribution in [-0.4, -0.2) is 50.7 Å². The average molecular weight is 384 g/mol. The first-order chi connectivity index (χ1) is 10.6. The van der Waals surface area contributed by atoms with E-state index in [-0.39, 0.29) is 30.4 Å². The lowest BCUT2D eigenvalue weighted by Gasteiger charge is -2.27. The molecule has 1 fully saturated rings. The highest BCUT2D eigenvalue weighted by Crippen LogP contribution is 2.23. The Morgan fingerprint density at radius 2 is 1.79 bits per heavy atom. The smallest absolute Gasteiger partial charge is 0.238 e. The number of amides is 1. The van der Waals surface area contributed by atoms with E-state index >= 15 is 0 Å². The van der Waals surface area contributed by atoms with Crippen molar-refractivity contribution in [3.8, 4) is 0 Å². The van der Waals surface area contributed by atoms with E-state index in [1.165, 1.54) is 4.90 Å². The summed E-state index contributed by atoms with van der Waals surface area (Å²) in [5.41, 5.74) is 5.96. The van der Waals surface area contributed by atoms with E-state index in [1.54, 1.807) is 7.05 Å². The minimum atomic E-state index is -3.57. The summed E-state index contributed by atoms with van der Waals surface area (Å²) in [6.07, 6.45) is 4.46. The van der Waals surface area contributed by atoms with Gasteiger partial charge in [0.05, 0.1) is 0 Å². The fourth-order valence-electron chi connectivity index (χ4n) is 2.75. The number of carbonyl (C=O) groups is 1. The molecule has 0 bridgehead atoms. The molecule has 0 aromatic carbocycles. The van der Waals surface area contributed by atoms with Gasteiger partial charge in [0.2, 0.25) is 15.9 Å². The molecular formula is C16H34ClN3O3S. The summed E-state index contributed by atoms with van der Waals surface area (Å²) >= 11 is 0. The Morgan fingerprint density at radius 3 is 2.29 bits per heavy atom. The summed E-state index contributed by atoms with van der Waals surface area (Å²) in [7, 11) is -1.94. The van der Waals surface area contributed by atoms with Gasteiger partial charge in [0.1, 0.15) is 5.75 Å². The number of rotatable bonds is 8. The van der Waals surface area contributed by atoms with Crippen LogP contribution >= 0.6 is 12.4 Å². The number of hydrogen-bond acceptors (Lipinski definition) is 4. The van der Waals surface area contributed by atoms with Crippen LogP contribution in [0.2, 0.25) is 0 Å². The van der Waals surface area contributed by atoms with Gasteiger partial charge in [0.15, 0.2) is 0 Å². The van der Waals surface area contributed by atoms with Gasteiger partial charge in [-0.2, -0.15) is 0 Å². The molecule has 0 aromatic rings. The molecule has 0 spiro atoms. The van der Waals surface area contributed by atoms with Crippen LogP contribution in [0.25, 0.3) is 0 Å². The zero-order chi connectivity index (χ0) is 17.6. The third kappa shape index (κ3) is 8.65. The largest absolute Gasteiger partial charge is 0.345 e. The zero-order valence-corrected chi connectivity index (χ0v) is 17.0. The van der Waals surface area contributed by atoms with Crippen molar-refractivity contribution in [2.75, 3.05) is 19.3 Å². The van der Waals surface area contributed by atoms with Gasteiger partial charge in [-0.15, -0.1) is 12.4 Å². The van der Waals surface area contributed by atoms with Crippen molar-refractivity contribution in [3.05, 3.63) is 0 Å². The molecule has 0 heterocycles. The zero-order valence-electron chi connectivity index (χ0n) is 15.3. The maximum atomic E-state index is 12.2. The van der Waals surface area contributed by atoms with Gasteiger partial charge in [0, 0.05) is 25.7 Å². The van der Waals surface area contributed by atoms with Crippen molar-refractivity contribution in [3.63, 3.8) is 0 Å². The summed E-state index contributed by atoms with van der Waals surface area (Å²) in [6, 6.07) is -0.00659. The SMILES string of the molecule is CC1CCC(NS(=O)(=O)CC(=O)N(C)CCC(N)C(C)C)CC1.Cl. The first-order valence-corrected chi connectivity index (χ1v) is 10.3. The molecule has 144 valence electrons. The maximum Gasteiger partial charge on any atom is 0.238 e. The summed E-state index contributed by atoms with van der Waals surface area (Å²) in [5.74, 6) is 0.149. The second-order valence-electron chi connectivity index (χ2n) is 7.35. The molecule has 1 atom stereocenters. The van der Waals surface area contributed by atoms with Crippen LogP contribution in [-0.2, 0) is 14.8 Å². The van der Waals surface area contributed by atoms with E-state index in [1.807, 2.05) is 13.8 Å². The van der Waals surface area contributed by atoms with Crippen molar-refractivity contribution < 1.29 is 13.2 Å². The molecule has 0 saturated heterocycles. The van der Waals surface area contributed by atoms with Crippen LogP contribution in [0, 0.1) is 11.8 Å². The van der Waals surface area contributed by atoms with Gasteiger partial charge in [-0.05, 0) is 43.9 Å². The number of nitrogens with two attached hydrogens (primary N) is 1. The highest BCUT2D eigenvalue weighted by molar-refractivity contribution is 7.90. The molecule has 0 aromatic heterocycles. The Morgan fingerprint density at radius 1 is 1.25 bits per heavy atom. The number of halogens is 1. The monoisotopic (exact) mass is 383 g/mol. The molecule has 3 N–H and O–H groups in total. The summed E-state index contributed by atoms with van der Waals surface area (Å²) in [4.78, 5) is 13.6. The summed E-state index contributed by atoms with van der Waals surface area (Å²) in [5, 5.41) is 0. The third-order valence-corrected chi connectivity index (χ3v) is 6.07. The lowest BCUT2D eigenvalue weighted by molar-refractivity contribution is -0.127. The van der Waals surface area contributed by atoms with Crippen LogP contribution in [0.4, 0.5) is 0 Å². The molecule has 8 heteroatoms. The van der Waals surface area contributed by atoms with E-state index in [9.17, 15) is 13.2 Å². The second-order valence-corrected chi connectivity index (χ2v) is 9.10. The Labute approximate surface area is 153 Å². The Balaban J connectivity index is 0.00000529. The van der Waals surface area contributed by atoms with Crippen LogP contribution in [0.3, 0.4) is 0 Å². The minimum absolute atomic E-state index is 0. The summed E-state index contributed by atoms with van der Waals surface area (Å²) in [6.45, 7) is 6.73. The van der Waals surface area contributed by atoms with E-state index in [2.05, 4.69) is 11.6 Å². The maximum absolute atomic E-state index is 12.2. The predicted molar refractivity (Wildman–Crippen MR) is 101 cm³/mol. The van der Waals surface area contributed by atoms with Gasteiger partial charge >= 0.3 is 0 Å². The van der Waals surface area contributed by atoms with Crippen molar-refractivity contribution in [1.29, 1.82) is 0 Å². The Bertz CT molecular complexity index is 477. The van der Waals surface area contributed by atoms with Crippen molar-refractivity contribution in [2.24, 2.45) is 17.6 Å². The van der Waals surface area contributed by atoms with Gasteiger partial charge in [-0.25, -0.2) is 13.1 Å². The molecule has 24 heavy (non-hydrogen) atoms. The molecule has 6 nitrogen and oxygen atoms in total. The lowest BCUT2D eigenvalue weighted by Crippen LogP contribution is -2.43.